The summed E-state index contributed by atoms with van der Waals surface area (Å²) in [4.78, 5) is 11.9. The molecular formula is C15H19NO3. The number of fused-ring (bicyclic) bond motifs is 1. The first kappa shape index (κ1) is 12.5. The van der Waals surface area contributed by atoms with Gasteiger partial charge < -0.3 is 14.8 Å². The lowest BCUT2D eigenvalue weighted by Crippen LogP contribution is -2.32. The summed E-state index contributed by atoms with van der Waals surface area (Å²) < 4.78 is 11.1. The summed E-state index contributed by atoms with van der Waals surface area (Å²) in [5.41, 5.74) is 1.15. The fourth-order valence-corrected chi connectivity index (χ4v) is 2.73. The molecule has 1 saturated heterocycles. The van der Waals surface area contributed by atoms with Crippen LogP contribution in [0.1, 0.15) is 30.7 Å². The van der Waals surface area contributed by atoms with Gasteiger partial charge in [0.2, 0.25) is 5.91 Å². The van der Waals surface area contributed by atoms with Crippen molar-refractivity contribution in [1.82, 2.24) is 5.32 Å². The highest BCUT2D eigenvalue weighted by Gasteiger charge is 2.26. The van der Waals surface area contributed by atoms with Gasteiger partial charge in [0.05, 0.1) is 12.7 Å². The lowest BCUT2D eigenvalue weighted by Gasteiger charge is -2.12. The van der Waals surface area contributed by atoms with Crippen LogP contribution in [-0.4, -0.2) is 31.8 Å². The average molecular weight is 261 g/mol. The second kappa shape index (κ2) is 5.61. The highest BCUT2D eigenvalue weighted by Crippen LogP contribution is 2.35. The first-order valence-electron chi connectivity index (χ1n) is 6.93. The van der Waals surface area contributed by atoms with Crippen LogP contribution in [0.2, 0.25) is 0 Å². The van der Waals surface area contributed by atoms with Crippen LogP contribution in [0.15, 0.2) is 24.3 Å². The van der Waals surface area contributed by atoms with Gasteiger partial charge in [-0.25, -0.2) is 0 Å². The molecule has 0 aromatic heterocycles. The SMILES string of the molecule is O=C(CC1COc2ccccc21)NCC1CCCO1. The third-order valence-corrected chi connectivity index (χ3v) is 3.78. The summed E-state index contributed by atoms with van der Waals surface area (Å²) in [5.74, 6) is 1.18. The van der Waals surface area contributed by atoms with Gasteiger partial charge in [0, 0.05) is 31.1 Å². The molecule has 1 fully saturated rings. The quantitative estimate of drug-likeness (QED) is 0.899. The third kappa shape index (κ3) is 2.89. The molecule has 0 aliphatic carbocycles. The van der Waals surface area contributed by atoms with Crippen LogP contribution in [-0.2, 0) is 9.53 Å². The number of hydrogen-bond acceptors (Lipinski definition) is 3. The van der Waals surface area contributed by atoms with Crippen LogP contribution in [0.4, 0.5) is 0 Å². The van der Waals surface area contributed by atoms with E-state index in [-0.39, 0.29) is 17.9 Å². The normalized spacial score (nSPS) is 24.8. The van der Waals surface area contributed by atoms with Gasteiger partial charge >= 0.3 is 0 Å². The molecule has 2 aliphatic heterocycles. The number of rotatable bonds is 4. The van der Waals surface area contributed by atoms with Crippen LogP contribution in [0.5, 0.6) is 5.75 Å². The number of para-hydroxylation sites is 1. The molecule has 4 heteroatoms. The largest absolute Gasteiger partial charge is 0.493 e. The van der Waals surface area contributed by atoms with E-state index in [1.807, 2.05) is 24.3 Å². The van der Waals surface area contributed by atoms with E-state index in [4.69, 9.17) is 9.47 Å². The standard InChI is InChI=1S/C15H19NO3/c17-15(16-9-12-4-3-7-18-12)8-11-10-19-14-6-2-1-5-13(11)14/h1-2,5-6,11-12H,3-4,7-10H2,(H,16,17). The number of hydrogen-bond donors (Lipinski definition) is 1. The lowest BCUT2D eigenvalue weighted by atomic mass is 9.97. The fraction of sp³-hybridized carbons (Fsp3) is 0.533. The van der Waals surface area contributed by atoms with Crippen molar-refractivity contribution in [2.75, 3.05) is 19.8 Å². The van der Waals surface area contributed by atoms with Gasteiger partial charge in [-0.3, -0.25) is 4.79 Å². The summed E-state index contributed by atoms with van der Waals surface area (Å²) in [5, 5.41) is 2.96. The molecule has 1 aromatic carbocycles. The van der Waals surface area contributed by atoms with Crippen LogP contribution in [0, 0.1) is 0 Å². The zero-order chi connectivity index (χ0) is 13.1. The predicted octanol–water partition coefficient (Wildman–Crippen LogP) is 1.85. The van der Waals surface area contributed by atoms with Crippen LogP contribution < -0.4 is 10.1 Å². The first-order chi connectivity index (χ1) is 9.33. The minimum Gasteiger partial charge on any atom is -0.493 e. The summed E-state index contributed by atoms with van der Waals surface area (Å²) >= 11 is 0. The Labute approximate surface area is 113 Å². The van der Waals surface area contributed by atoms with Crippen molar-refractivity contribution < 1.29 is 14.3 Å². The summed E-state index contributed by atoms with van der Waals surface area (Å²) in [7, 11) is 0. The zero-order valence-electron chi connectivity index (χ0n) is 10.9. The number of carbonyl (C=O) groups excluding carboxylic acids is 1. The molecule has 2 aliphatic rings. The van der Waals surface area contributed by atoms with E-state index in [1.165, 1.54) is 0 Å². The molecule has 3 rings (SSSR count). The molecule has 1 aromatic rings. The maximum absolute atomic E-state index is 11.9. The maximum Gasteiger partial charge on any atom is 0.220 e. The first-order valence-corrected chi connectivity index (χ1v) is 6.93. The van der Waals surface area contributed by atoms with Gasteiger partial charge in [-0.15, -0.1) is 0 Å². The summed E-state index contributed by atoms with van der Waals surface area (Å²) in [6.07, 6.45) is 2.85. The second-order valence-electron chi connectivity index (χ2n) is 5.19. The highest BCUT2D eigenvalue weighted by atomic mass is 16.5. The molecule has 0 spiro atoms. The molecule has 0 bridgehead atoms. The molecule has 102 valence electrons. The van der Waals surface area contributed by atoms with Crippen molar-refractivity contribution in [1.29, 1.82) is 0 Å². The van der Waals surface area contributed by atoms with Gasteiger partial charge in [-0.1, -0.05) is 18.2 Å². The van der Waals surface area contributed by atoms with Crippen molar-refractivity contribution in [3.63, 3.8) is 0 Å². The minimum absolute atomic E-state index is 0.0841. The molecule has 4 nitrogen and oxygen atoms in total. The van der Waals surface area contributed by atoms with E-state index in [1.54, 1.807) is 0 Å². The van der Waals surface area contributed by atoms with Gasteiger partial charge in [-0.2, -0.15) is 0 Å². The van der Waals surface area contributed by atoms with Crippen LogP contribution >= 0.6 is 0 Å². The molecule has 1 amide bonds. The molecule has 2 heterocycles. The van der Waals surface area contributed by atoms with Crippen LogP contribution in [0.3, 0.4) is 0 Å². The minimum atomic E-state index is 0.0841. The Bertz CT molecular complexity index is 454. The van der Waals surface area contributed by atoms with Crippen molar-refractivity contribution in [2.45, 2.75) is 31.3 Å². The molecule has 2 unspecified atom stereocenters. The number of ether oxygens (including phenoxy) is 2. The topological polar surface area (TPSA) is 47.6 Å². The fourth-order valence-electron chi connectivity index (χ4n) is 2.73. The number of carbonyl (C=O) groups is 1. The zero-order valence-corrected chi connectivity index (χ0v) is 10.9. The van der Waals surface area contributed by atoms with Gasteiger partial charge in [-0.05, 0) is 18.9 Å². The third-order valence-electron chi connectivity index (χ3n) is 3.78. The molecule has 2 atom stereocenters. The molecule has 19 heavy (non-hydrogen) atoms. The number of nitrogens with one attached hydrogen (secondary N) is 1. The predicted molar refractivity (Wildman–Crippen MR) is 71.3 cm³/mol. The van der Waals surface area contributed by atoms with Crippen molar-refractivity contribution in [3.8, 4) is 5.75 Å². The molecule has 1 N–H and O–H groups in total. The van der Waals surface area contributed by atoms with E-state index in [9.17, 15) is 4.79 Å². The van der Waals surface area contributed by atoms with E-state index >= 15 is 0 Å². The average Bonchev–Trinajstić information content (AvgIpc) is 3.07. The van der Waals surface area contributed by atoms with E-state index < -0.39 is 0 Å². The van der Waals surface area contributed by atoms with E-state index in [0.717, 1.165) is 30.8 Å². The smallest absolute Gasteiger partial charge is 0.220 e. The Kier molecular flexibility index (Phi) is 3.69. The Morgan fingerprint density at radius 1 is 1.37 bits per heavy atom. The Morgan fingerprint density at radius 2 is 2.26 bits per heavy atom. The van der Waals surface area contributed by atoms with Crippen molar-refractivity contribution in [3.05, 3.63) is 29.8 Å². The molecule has 0 radical (unpaired) electrons. The Balaban J connectivity index is 1.50. The summed E-state index contributed by atoms with van der Waals surface area (Å²) in [6, 6.07) is 7.95. The molecule has 0 saturated carbocycles. The number of amides is 1. The van der Waals surface area contributed by atoms with Gasteiger partial charge in [0.1, 0.15) is 5.75 Å². The number of benzene rings is 1. The Morgan fingerprint density at radius 3 is 3.11 bits per heavy atom. The second-order valence-corrected chi connectivity index (χ2v) is 5.19. The maximum atomic E-state index is 11.9. The van der Waals surface area contributed by atoms with Crippen LogP contribution in [0.25, 0.3) is 0 Å². The lowest BCUT2D eigenvalue weighted by molar-refractivity contribution is -0.122. The monoisotopic (exact) mass is 261 g/mol. The van der Waals surface area contributed by atoms with E-state index in [0.29, 0.717) is 19.6 Å². The van der Waals surface area contributed by atoms with E-state index in [2.05, 4.69) is 5.32 Å². The van der Waals surface area contributed by atoms with Gasteiger partial charge in [0.25, 0.3) is 0 Å². The Hall–Kier alpha value is -1.55. The summed E-state index contributed by atoms with van der Waals surface area (Å²) in [6.45, 7) is 2.06. The molecular weight excluding hydrogens is 242 g/mol. The highest BCUT2D eigenvalue weighted by molar-refractivity contribution is 5.77. The van der Waals surface area contributed by atoms with Crippen molar-refractivity contribution in [2.24, 2.45) is 0 Å². The van der Waals surface area contributed by atoms with Gasteiger partial charge in [0.15, 0.2) is 0 Å². The van der Waals surface area contributed by atoms with Crippen molar-refractivity contribution >= 4 is 5.91 Å².